The molecule has 0 aromatic heterocycles. The third kappa shape index (κ3) is 1.78. The van der Waals surface area contributed by atoms with Gasteiger partial charge in [0.05, 0.1) is 6.42 Å². The van der Waals surface area contributed by atoms with Crippen molar-refractivity contribution < 1.29 is 9.53 Å². The molecule has 13 heavy (non-hydrogen) atoms. The summed E-state index contributed by atoms with van der Waals surface area (Å²) in [5.74, 6) is -0.156. The molecule has 2 heteroatoms. The van der Waals surface area contributed by atoms with Crippen LogP contribution in [0.2, 0.25) is 0 Å². The van der Waals surface area contributed by atoms with Crippen molar-refractivity contribution in [2.24, 2.45) is 0 Å². The number of carbonyl (C=O) groups excluding carboxylic acids is 1. The van der Waals surface area contributed by atoms with Crippen LogP contribution in [-0.2, 0) is 9.53 Å². The van der Waals surface area contributed by atoms with Gasteiger partial charge in [-0.1, -0.05) is 36.4 Å². The van der Waals surface area contributed by atoms with E-state index in [4.69, 9.17) is 4.74 Å². The highest BCUT2D eigenvalue weighted by Gasteiger charge is 2.16. The Hall–Kier alpha value is -1.57. The van der Waals surface area contributed by atoms with Gasteiger partial charge >= 0.3 is 5.97 Å². The Morgan fingerprint density at radius 3 is 2.69 bits per heavy atom. The van der Waals surface area contributed by atoms with Gasteiger partial charge in [-0.3, -0.25) is 4.79 Å². The molecular formula is C11H10O2. The van der Waals surface area contributed by atoms with E-state index in [1.54, 1.807) is 0 Å². The van der Waals surface area contributed by atoms with Gasteiger partial charge in [-0.25, -0.2) is 0 Å². The van der Waals surface area contributed by atoms with Crippen LogP contribution in [0.25, 0.3) is 0 Å². The Bertz CT molecular complexity index is 327. The third-order valence-corrected chi connectivity index (χ3v) is 1.98. The molecule has 1 aromatic carbocycles. The second-order valence-electron chi connectivity index (χ2n) is 2.95. The number of hydrogen-bond donors (Lipinski definition) is 0. The fraction of sp³-hybridized carbons (Fsp3) is 0.182. The molecule has 1 aliphatic heterocycles. The van der Waals surface area contributed by atoms with Crippen LogP contribution in [0.4, 0.5) is 0 Å². The van der Waals surface area contributed by atoms with E-state index in [1.165, 1.54) is 0 Å². The Morgan fingerprint density at radius 2 is 2.00 bits per heavy atom. The molecule has 0 radical (unpaired) electrons. The second-order valence-corrected chi connectivity index (χ2v) is 2.95. The predicted molar refractivity (Wildman–Crippen MR) is 49.0 cm³/mol. The van der Waals surface area contributed by atoms with Gasteiger partial charge in [0.15, 0.2) is 0 Å². The molecule has 0 spiro atoms. The highest BCUT2D eigenvalue weighted by atomic mass is 16.5. The highest BCUT2D eigenvalue weighted by Crippen LogP contribution is 2.22. The molecule has 0 amide bonds. The summed E-state index contributed by atoms with van der Waals surface area (Å²) in [7, 11) is 0. The molecule has 1 heterocycles. The largest absolute Gasteiger partial charge is 0.453 e. The first kappa shape index (κ1) is 8.05. The molecule has 0 bridgehead atoms. The van der Waals surface area contributed by atoms with Gasteiger partial charge < -0.3 is 4.74 Å². The molecule has 0 saturated carbocycles. The molecule has 1 atom stereocenters. The predicted octanol–water partition coefficient (Wildman–Crippen LogP) is 2.23. The minimum Gasteiger partial charge on any atom is -0.453 e. The van der Waals surface area contributed by atoms with Crippen LogP contribution in [0.15, 0.2) is 42.5 Å². The standard InChI is InChI=1S/C11H10O2/c12-11-8-4-7-10(13-11)9-5-2-1-3-6-9/h1-7,10H,8H2. The molecule has 2 nitrogen and oxygen atoms in total. The lowest BCUT2D eigenvalue weighted by molar-refractivity contribution is -0.147. The fourth-order valence-electron chi connectivity index (χ4n) is 1.34. The van der Waals surface area contributed by atoms with Crippen molar-refractivity contribution in [3.05, 3.63) is 48.0 Å². The molecular weight excluding hydrogens is 164 g/mol. The van der Waals surface area contributed by atoms with Gasteiger partial charge in [-0.2, -0.15) is 0 Å². The molecule has 0 saturated heterocycles. The first-order valence-corrected chi connectivity index (χ1v) is 4.27. The van der Waals surface area contributed by atoms with Crippen LogP contribution in [0.3, 0.4) is 0 Å². The maximum atomic E-state index is 11.0. The van der Waals surface area contributed by atoms with Gasteiger partial charge in [0.25, 0.3) is 0 Å². The second kappa shape index (κ2) is 3.44. The summed E-state index contributed by atoms with van der Waals surface area (Å²) in [5, 5.41) is 0. The maximum absolute atomic E-state index is 11.0. The van der Waals surface area contributed by atoms with Crippen molar-refractivity contribution >= 4 is 5.97 Å². The summed E-state index contributed by atoms with van der Waals surface area (Å²) >= 11 is 0. The first-order valence-electron chi connectivity index (χ1n) is 4.27. The van der Waals surface area contributed by atoms with E-state index in [9.17, 15) is 4.79 Å². The van der Waals surface area contributed by atoms with Gasteiger partial charge in [0.1, 0.15) is 6.10 Å². The van der Waals surface area contributed by atoms with Crippen LogP contribution < -0.4 is 0 Å². The minimum absolute atomic E-state index is 0.156. The number of rotatable bonds is 1. The number of benzene rings is 1. The summed E-state index contributed by atoms with van der Waals surface area (Å²) in [4.78, 5) is 11.0. The van der Waals surface area contributed by atoms with Crippen LogP contribution in [0.5, 0.6) is 0 Å². The van der Waals surface area contributed by atoms with Crippen molar-refractivity contribution in [3.8, 4) is 0 Å². The highest BCUT2D eigenvalue weighted by molar-refractivity contribution is 5.72. The average Bonchev–Trinajstić information content (AvgIpc) is 2.19. The van der Waals surface area contributed by atoms with Crippen LogP contribution >= 0.6 is 0 Å². The lowest BCUT2D eigenvalue weighted by Gasteiger charge is -2.17. The monoisotopic (exact) mass is 174 g/mol. The summed E-state index contributed by atoms with van der Waals surface area (Å²) < 4.78 is 5.15. The molecule has 1 aromatic rings. The van der Waals surface area contributed by atoms with Crippen molar-refractivity contribution in [2.45, 2.75) is 12.5 Å². The SMILES string of the molecule is O=C1CC=CC(c2ccccc2)O1. The van der Waals surface area contributed by atoms with E-state index in [-0.39, 0.29) is 12.1 Å². The molecule has 1 unspecified atom stereocenters. The maximum Gasteiger partial charge on any atom is 0.310 e. The molecule has 2 rings (SSSR count). The summed E-state index contributed by atoms with van der Waals surface area (Å²) in [6.45, 7) is 0. The normalized spacial score (nSPS) is 21.2. The van der Waals surface area contributed by atoms with E-state index in [0.29, 0.717) is 6.42 Å². The van der Waals surface area contributed by atoms with Crippen molar-refractivity contribution in [1.29, 1.82) is 0 Å². The number of ether oxygens (including phenoxy) is 1. The van der Waals surface area contributed by atoms with Gasteiger partial charge in [-0.15, -0.1) is 0 Å². The zero-order valence-electron chi connectivity index (χ0n) is 7.14. The summed E-state index contributed by atoms with van der Waals surface area (Å²) in [6, 6.07) is 9.72. The smallest absolute Gasteiger partial charge is 0.310 e. The molecule has 0 fully saturated rings. The van der Waals surface area contributed by atoms with Crippen LogP contribution in [0.1, 0.15) is 18.1 Å². The zero-order chi connectivity index (χ0) is 9.10. The van der Waals surface area contributed by atoms with Crippen molar-refractivity contribution in [3.63, 3.8) is 0 Å². The summed E-state index contributed by atoms with van der Waals surface area (Å²) in [6.07, 6.45) is 3.96. The summed E-state index contributed by atoms with van der Waals surface area (Å²) in [5.41, 5.74) is 1.02. The van der Waals surface area contributed by atoms with Crippen molar-refractivity contribution in [1.82, 2.24) is 0 Å². The van der Waals surface area contributed by atoms with Crippen LogP contribution in [0, 0.1) is 0 Å². The number of esters is 1. The van der Waals surface area contributed by atoms with E-state index in [0.717, 1.165) is 5.56 Å². The van der Waals surface area contributed by atoms with Gasteiger partial charge in [0.2, 0.25) is 0 Å². The van der Waals surface area contributed by atoms with E-state index in [1.807, 2.05) is 42.5 Å². The zero-order valence-corrected chi connectivity index (χ0v) is 7.14. The quantitative estimate of drug-likeness (QED) is 0.482. The number of carbonyl (C=O) groups is 1. The molecule has 66 valence electrons. The van der Waals surface area contributed by atoms with Crippen LogP contribution in [-0.4, -0.2) is 5.97 Å². The Labute approximate surface area is 76.8 Å². The van der Waals surface area contributed by atoms with Gasteiger partial charge in [-0.05, 0) is 11.6 Å². The minimum atomic E-state index is -0.192. The Balaban J connectivity index is 2.22. The fourth-order valence-corrected chi connectivity index (χ4v) is 1.34. The molecule has 1 aliphatic rings. The van der Waals surface area contributed by atoms with E-state index >= 15 is 0 Å². The van der Waals surface area contributed by atoms with Gasteiger partial charge in [0, 0.05) is 0 Å². The number of hydrogen-bond acceptors (Lipinski definition) is 2. The van der Waals surface area contributed by atoms with E-state index in [2.05, 4.69) is 0 Å². The number of cyclic esters (lactones) is 1. The topological polar surface area (TPSA) is 26.3 Å². The van der Waals surface area contributed by atoms with Crippen molar-refractivity contribution in [2.75, 3.05) is 0 Å². The molecule has 0 N–H and O–H groups in total. The first-order chi connectivity index (χ1) is 6.36. The lowest BCUT2D eigenvalue weighted by Crippen LogP contribution is -2.12. The van der Waals surface area contributed by atoms with E-state index < -0.39 is 0 Å². The Kier molecular flexibility index (Phi) is 2.13. The third-order valence-electron chi connectivity index (χ3n) is 1.98. The molecule has 0 aliphatic carbocycles. The Morgan fingerprint density at radius 1 is 1.23 bits per heavy atom. The lowest BCUT2D eigenvalue weighted by atomic mass is 10.1. The average molecular weight is 174 g/mol.